The normalized spacial score (nSPS) is 40.1. The van der Waals surface area contributed by atoms with E-state index in [2.05, 4.69) is 5.32 Å². The largest absolute Gasteiger partial charge is 0.388 e. The molecule has 0 aromatic heterocycles. The quantitative estimate of drug-likeness (QED) is 0.535. The number of hydrogen-bond donors (Lipinski definition) is 3. The summed E-state index contributed by atoms with van der Waals surface area (Å²) in [6, 6.07) is 0.191. The third kappa shape index (κ3) is 2.21. The first-order valence-corrected chi connectivity index (χ1v) is 5.98. The number of hydrogen-bond acceptors (Lipinski definition) is 4. The first-order valence-electron chi connectivity index (χ1n) is 5.98. The highest BCUT2D eigenvalue weighted by atomic mass is 16.3. The maximum Gasteiger partial charge on any atom is 0.227 e. The van der Waals surface area contributed by atoms with Crippen LogP contribution < -0.4 is 5.32 Å². The Hall–Kier alpha value is -0.650. The molecular weight excluding hydrogens is 208 g/mol. The van der Waals surface area contributed by atoms with Gasteiger partial charge in [-0.1, -0.05) is 0 Å². The second-order valence-electron chi connectivity index (χ2n) is 4.87. The van der Waals surface area contributed by atoms with Crippen LogP contribution in [-0.4, -0.2) is 58.9 Å². The van der Waals surface area contributed by atoms with Gasteiger partial charge in [0, 0.05) is 19.1 Å². The molecule has 2 aliphatic rings. The highest BCUT2D eigenvalue weighted by Crippen LogP contribution is 2.21. The van der Waals surface area contributed by atoms with E-state index in [9.17, 15) is 15.0 Å². The Morgan fingerprint density at radius 2 is 1.94 bits per heavy atom. The number of piperidine rings is 1. The van der Waals surface area contributed by atoms with Crippen LogP contribution in [0.5, 0.6) is 0 Å². The van der Waals surface area contributed by atoms with Crippen molar-refractivity contribution in [3.63, 3.8) is 0 Å². The molecule has 1 amide bonds. The molecule has 2 rings (SSSR count). The van der Waals surface area contributed by atoms with Crippen molar-refractivity contribution < 1.29 is 15.0 Å². The number of amides is 1. The molecule has 16 heavy (non-hydrogen) atoms. The third-order valence-corrected chi connectivity index (χ3v) is 3.65. The molecule has 5 heteroatoms. The first kappa shape index (κ1) is 11.8. The van der Waals surface area contributed by atoms with Crippen molar-refractivity contribution in [2.45, 2.75) is 38.0 Å². The fourth-order valence-corrected chi connectivity index (χ4v) is 2.57. The van der Waals surface area contributed by atoms with Gasteiger partial charge in [-0.15, -0.1) is 0 Å². The van der Waals surface area contributed by atoms with Crippen LogP contribution in [0, 0.1) is 5.92 Å². The van der Waals surface area contributed by atoms with Gasteiger partial charge in [-0.25, -0.2) is 0 Å². The molecule has 4 unspecified atom stereocenters. The maximum atomic E-state index is 12.2. The van der Waals surface area contributed by atoms with Crippen LogP contribution in [0.25, 0.3) is 0 Å². The number of likely N-dealkylation sites (tertiary alicyclic amines) is 1. The van der Waals surface area contributed by atoms with Gasteiger partial charge in [-0.3, -0.25) is 4.79 Å². The number of carbonyl (C=O) groups is 1. The van der Waals surface area contributed by atoms with Gasteiger partial charge < -0.3 is 20.4 Å². The van der Waals surface area contributed by atoms with E-state index in [-0.39, 0.29) is 31.0 Å². The number of aliphatic hydroxyl groups excluding tert-OH is 2. The Kier molecular flexibility index (Phi) is 3.47. The van der Waals surface area contributed by atoms with Crippen molar-refractivity contribution in [3.05, 3.63) is 0 Å². The van der Waals surface area contributed by atoms with E-state index in [0.717, 1.165) is 19.4 Å². The molecule has 4 atom stereocenters. The number of carbonyl (C=O) groups excluding carboxylic acids is 1. The molecule has 2 heterocycles. The summed E-state index contributed by atoms with van der Waals surface area (Å²) in [6.07, 6.45) is 0.349. The summed E-state index contributed by atoms with van der Waals surface area (Å²) in [5.74, 6) is 0.0570. The number of nitrogens with one attached hydrogen (secondary N) is 1. The van der Waals surface area contributed by atoms with Crippen molar-refractivity contribution in [1.29, 1.82) is 0 Å². The summed E-state index contributed by atoms with van der Waals surface area (Å²) in [5, 5.41) is 22.1. The number of aliphatic hydroxyl groups is 2. The Morgan fingerprint density at radius 1 is 1.31 bits per heavy atom. The van der Waals surface area contributed by atoms with Gasteiger partial charge >= 0.3 is 0 Å². The Bertz CT molecular complexity index is 262. The molecule has 0 bridgehead atoms. The van der Waals surface area contributed by atoms with Crippen molar-refractivity contribution in [3.8, 4) is 0 Å². The molecular formula is C11H20N2O3. The summed E-state index contributed by atoms with van der Waals surface area (Å²) in [5.41, 5.74) is 0. The van der Waals surface area contributed by atoms with Crippen LogP contribution in [0.3, 0.4) is 0 Å². The standard InChI is InChI=1S/C11H20N2O3/c1-7-8(3-2-4-12-7)11(16)13-5-9(14)10(15)6-13/h7-10,12,14-15H,2-6H2,1H3. The van der Waals surface area contributed by atoms with Crippen molar-refractivity contribution >= 4 is 5.91 Å². The van der Waals surface area contributed by atoms with E-state index in [1.807, 2.05) is 6.92 Å². The minimum Gasteiger partial charge on any atom is -0.388 e. The fourth-order valence-electron chi connectivity index (χ4n) is 2.57. The lowest BCUT2D eigenvalue weighted by molar-refractivity contribution is -0.136. The Balaban J connectivity index is 1.96. The van der Waals surface area contributed by atoms with Gasteiger partial charge in [0.25, 0.3) is 0 Å². The lowest BCUT2D eigenvalue weighted by atomic mass is 9.91. The van der Waals surface area contributed by atoms with Gasteiger partial charge in [-0.05, 0) is 26.3 Å². The van der Waals surface area contributed by atoms with Crippen LogP contribution >= 0.6 is 0 Å². The molecule has 2 aliphatic heterocycles. The minimum absolute atomic E-state index is 0.00810. The predicted octanol–water partition coefficient (Wildman–Crippen LogP) is -1.06. The van der Waals surface area contributed by atoms with Crippen molar-refractivity contribution in [2.75, 3.05) is 19.6 Å². The van der Waals surface area contributed by atoms with E-state index in [4.69, 9.17) is 0 Å². The molecule has 92 valence electrons. The zero-order chi connectivity index (χ0) is 11.7. The fraction of sp³-hybridized carbons (Fsp3) is 0.909. The monoisotopic (exact) mass is 228 g/mol. The van der Waals surface area contributed by atoms with E-state index in [1.54, 1.807) is 4.90 Å². The Morgan fingerprint density at radius 3 is 2.50 bits per heavy atom. The smallest absolute Gasteiger partial charge is 0.227 e. The first-order chi connectivity index (χ1) is 7.59. The van der Waals surface area contributed by atoms with Gasteiger partial charge in [-0.2, -0.15) is 0 Å². The lowest BCUT2D eigenvalue weighted by Crippen LogP contribution is -2.47. The van der Waals surface area contributed by atoms with Gasteiger partial charge in [0.1, 0.15) is 0 Å². The highest BCUT2D eigenvalue weighted by Gasteiger charge is 2.37. The lowest BCUT2D eigenvalue weighted by Gasteiger charge is -2.31. The molecule has 2 saturated heterocycles. The molecule has 0 radical (unpaired) electrons. The maximum absolute atomic E-state index is 12.2. The molecule has 3 N–H and O–H groups in total. The minimum atomic E-state index is -0.782. The summed E-state index contributed by atoms with van der Waals surface area (Å²) in [6.45, 7) is 3.52. The molecule has 0 saturated carbocycles. The highest BCUT2D eigenvalue weighted by molar-refractivity contribution is 5.80. The molecule has 0 aliphatic carbocycles. The Labute approximate surface area is 95.4 Å². The topological polar surface area (TPSA) is 72.8 Å². The summed E-state index contributed by atoms with van der Waals surface area (Å²) < 4.78 is 0. The summed E-state index contributed by atoms with van der Waals surface area (Å²) in [7, 11) is 0. The SMILES string of the molecule is CC1NCCCC1C(=O)N1CC(O)C(O)C1. The second-order valence-corrected chi connectivity index (χ2v) is 4.87. The van der Waals surface area contributed by atoms with E-state index in [0.29, 0.717) is 0 Å². The molecule has 5 nitrogen and oxygen atoms in total. The summed E-state index contributed by atoms with van der Waals surface area (Å²) >= 11 is 0. The van der Waals surface area contributed by atoms with E-state index < -0.39 is 12.2 Å². The predicted molar refractivity (Wildman–Crippen MR) is 58.8 cm³/mol. The summed E-state index contributed by atoms with van der Waals surface area (Å²) in [4.78, 5) is 13.8. The van der Waals surface area contributed by atoms with Gasteiger partial charge in [0.05, 0.1) is 18.1 Å². The van der Waals surface area contributed by atoms with Crippen LogP contribution in [0.2, 0.25) is 0 Å². The average molecular weight is 228 g/mol. The van der Waals surface area contributed by atoms with E-state index >= 15 is 0 Å². The number of rotatable bonds is 1. The van der Waals surface area contributed by atoms with Gasteiger partial charge in [0.15, 0.2) is 0 Å². The molecule has 0 spiro atoms. The zero-order valence-electron chi connectivity index (χ0n) is 9.59. The van der Waals surface area contributed by atoms with Gasteiger partial charge in [0.2, 0.25) is 5.91 Å². The van der Waals surface area contributed by atoms with Crippen molar-refractivity contribution in [2.24, 2.45) is 5.92 Å². The number of β-amino-alcohol motifs (C(OH)–C–C–N with tert-alkyl or cyclic N) is 2. The third-order valence-electron chi connectivity index (χ3n) is 3.65. The number of nitrogens with zero attached hydrogens (tertiary/aromatic N) is 1. The van der Waals surface area contributed by atoms with Crippen LogP contribution in [0.1, 0.15) is 19.8 Å². The van der Waals surface area contributed by atoms with Crippen LogP contribution in [-0.2, 0) is 4.79 Å². The molecule has 2 fully saturated rings. The van der Waals surface area contributed by atoms with Crippen LogP contribution in [0.15, 0.2) is 0 Å². The van der Waals surface area contributed by atoms with E-state index in [1.165, 1.54) is 0 Å². The van der Waals surface area contributed by atoms with Crippen LogP contribution in [0.4, 0.5) is 0 Å². The van der Waals surface area contributed by atoms with Crippen molar-refractivity contribution in [1.82, 2.24) is 10.2 Å². The molecule has 0 aromatic carbocycles. The average Bonchev–Trinajstić information content (AvgIpc) is 2.59. The second kappa shape index (κ2) is 4.69. The zero-order valence-corrected chi connectivity index (χ0v) is 9.59. The molecule has 0 aromatic rings.